The Morgan fingerprint density at radius 1 is 1.10 bits per heavy atom. The van der Waals surface area contributed by atoms with Crippen molar-refractivity contribution in [1.29, 1.82) is 0 Å². The highest BCUT2D eigenvalue weighted by molar-refractivity contribution is 6.42. The average Bonchev–Trinajstić information content (AvgIpc) is 2.41. The van der Waals surface area contributed by atoms with E-state index in [-0.39, 0.29) is 16.5 Å². The second-order valence-electron chi connectivity index (χ2n) is 4.12. The van der Waals surface area contributed by atoms with Crippen LogP contribution >= 0.6 is 23.2 Å². The molecule has 0 fully saturated rings. The number of rotatable bonds is 3. The standard InChI is InChI=1S/C13H10Cl2F3N3/c1-2-19-11-6-10(20-12(21-11)13(16,17)18)7-3-4-8(14)9(15)5-7/h3-6H,2H2,1H3,(H,19,20,21). The van der Waals surface area contributed by atoms with Crippen LogP contribution in [-0.2, 0) is 6.18 Å². The molecule has 0 saturated heterocycles. The van der Waals surface area contributed by atoms with E-state index in [1.54, 1.807) is 13.0 Å². The smallest absolute Gasteiger partial charge is 0.370 e. The SMILES string of the molecule is CCNc1cc(-c2ccc(Cl)c(Cl)c2)nc(C(F)(F)F)n1. The molecule has 0 aliphatic carbocycles. The molecule has 3 nitrogen and oxygen atoms in total. The maximum atomic E-state index is 12.8. The molecule has 112 valence electrons. The number of halogens is 5. The fourth-order valence-electron chi connectivity index (χ4n) is 1.65. The van der Waals surface area contributed by atoms with Gasteiger partial charge in [0, 0.05) is 18.2 Å². The van der Waals surface area contributed by atoms with Crippen molar-refractivity contribution in [2.24, 2.45) is 0 Å². The van der Waals surface area contributed by atoms with Crippen LogP contribution in [0.25, 0.3) is 11.3 Å². The second kappa shape index (κ2) is 6.07. The summed E-state index contributed by atoms with van der Waals surface area (Å²) in [6.45, 7) is 2.20. The van der Waals surface area contributed by atoms with Crippen molar-refractivity contribution in [3.05, 3.63) is 40.1 Å². The van der Waals surface area contributed by atoms with Crippen molar-refractivity contribution in [2.45, 2.75) is 13.1 Å². The Morgan fingerprint density at radius 2 is 1.81 bits per heavy atom. The Hall–Kier alpha value is -1.53. The highest BCUT2D eigenvalue weighted by Gasteiger charge is 2.35. The maximum absolute atomic E-state index is 12.8. The zero-order chi connectivity index (χ0) is 15.6. The van der Waals surface area contributed by atoms with Gasteiger partial charge in [-0.05, 0) is 19.1 Å². The molecule has 2 aromatic rings. The molecule has 0 bridgehead atoms. The molecule has 1 aromatic carbocycles. The predicted octanol–water partition coefficient (Wildman–Crippen LogP) is 4.90. The van der Waals surface area contributed by atoms with Gasteiger partial charge in [0.2, 0.25) is 5.82 Å². The summed E-state index contributed by atoms with van der Waals surface area (Å²) >= 11 is 11.7. The van der Waals surface area contributed by atoms with Crippen LogP contribution in [0.1, 0.15) is 12.7 Å². The Kier molecular flexibility index (Phi) is 4.58. The summed E-state index contributed by atoms with van der Waals surface area (Å²) < 4.78 is 38.5. The van der Waals surface area contributed by atoms with E-state index >= 15 is 0 Å². The molecule has 2 rings (SSSR count). The third-order valence-corrected chi connectivity index (χ3v) is 3.29. The predicted molar refractivity (Wildman–Crippen MR) is 76.7 cm³/mol. The van der Waals surface area contributed by atoms with Gasteiger partial charge < -0.3 is 5.32 Å². The number of nitrogens with one attached hydrogen (secondary N) is 1. The molecule has 1 N–H and O–H groups in total. The first-order valence-corrected chi connectivity index (χ1v) is 6.72. The Morgan fingerprint density at radius 3 is 2.38 bits per heavy atom. The van der Waals surface area contributed by atoms with Crippen LogP contribution in [0, 0.1) is 0 Å². The van der Waals surface area contributed by atoms with E-state index in [1.807, 2.05) is 0 Å². The topological polar surface area (TPSA) is 37.8 Å². The zero-order valence-electron chi connectivity index (χ0n) is 10.8. The van der Waals surface area contributed by atoms with E-state index < -0.39 is 12.0 Å². The molecule has 0 aliphatic rings. The quantitative estimate of drug-likeness (QED) is 0.866. The minimum Gasteiger partial charge on any atom is -0.370 e. The molecule has 0 unspecified atom stereocenters. The molecule has 8 heteroatoms. The first-order valence-electron chi connectivity index (χ1n) is 5.97. The maximum Gasteiger partial charge on any atom is 0.451 e. The van der Waals surface area contributed by atoms with Gasteiger partial charge in [-0.2, -0.15) is 13.2 Å². The van der Waals surface area contributed by atoms with Gasteiger partial charge in [-0.25, -0.2) is 9.97 Å². The van der Waals surface area contributed by atoms with E-state index in [9.17, 15) is 13.2 Å². The van der Waals surface area contributed by atoms with E-state index in [0.29, 0.717) is 17.1 Å². The van der Waals surface area contributed by atoms with Crippen molar-refractivity contribution in [2.75, 3.05) is 11.9 Å². The molecule has 0 aliphatic heterocycles. The van der Waals surface area contributed by atoms with Gasteiger partial charge in [0.15, 0.2) is 0 Å². The molecule has 0 atom stereocenters. The lowest BCUT2D eigenvalue weighted by Gasteiger charge is -2.11. The van der Waals surface area contributed by atoms with Crippen molar-refractivity contribution < 1.29 is 13.2 Å². The van der Waals surface area contributed by atoms with Gasteiger partial charge in [0.25, 0.3) is 0 Å². The van der Waals surface area contributed by atoms with E-state index in [4.69, 9.17) is 23.2 Å². The van der Waals surface area contributed by atoms with Crippen molar-refractivity contribution >= 4 is 29.0 Å². The highest BCUT2D eigenvalue weighted by Crippen LogP contribution is 2.32. The number of anilines is 1. The van der Waals surface area contributed by atoms with Crippen LogP contribution in [0.2, 0.25) is 10.0 Å². The molecule has 0 amide bonds. The van der Waals surface area contributed by atoms with Gasteiger partial charge in [0.1, 0.15) is 5.82 Å². The van der Waals surface area contributed by atoms with Gasteiger partial charge in [-0.3, -0.25) is 0 Å². The monoisotopic (exact) mass is 335 g/mol. The first kappa shape index (κ1) is 15.9. The molecule has 1 heterocycles. The van der Waals surface area contributed by atoms with Gasteiger partial charge in [-0.1, -0.05) is 29.3 Å². The third-order valence-electron chi connectivity index (χ3n) is 2.55. The van der Waals surface area contributed by atoms with Crippen molar-refractivity contribution in [3.8, 4) is 11.3 Å². The second-order valence-corrected chi connectivity index (χ2v) is 4.93. The fourth-order valence-corrected chi connectivity index (χ4v) is 1.95. The number of benzene rings is 1. The average molecular weight is 336 g/mol. The number of aromatic nitrogens is 2. The summed E-state index contributed by atoms with van der Waals surface area (Å²) in [7, 11) is 0. The summed E-state index contributed by atoms with van der Waals surface area (Å²) in [6.07, 6.45) is -4.63. The van der Waals surface area contributed by atoms with E-state index in [0.717, 1.165) is 0 Å². The normalized spacial score (nSPS) is 11.5. The molecular formula is C13H10Cl2F3N3. The molecule has 1 aromatic heterocycles. The summed E-state index contributed by atoms with van der Waals surface area (Å²) in [6, 6.07) is 5.94. The van der Waals surface area contributed by atoms with Crippen LogP contribution < -0.4 is 5.32 Å². The van der Waals surface area contributed by atoms with Crippen LogP contribution in [0.4, 0.5) is 19.0 Å². The lowest BCUT2D eigenvalue weighted by molar-refractivity contribution is -0.144. The summed E-state index contributed by atoms with van der Waals surface area (Å²) in [5.41, 5.74) is 0.545. The number of alkyl halides is 3. The van der Waals surface area contributed by atoms with Crippen molar-refractivity contribution in [1.82, 2.24) is 9.97 Å². The minimum absolute atomic E-state index is 0.0981. The number of hydrogen-bond acceptors (Lipinski definition) is 3. The third kappa shape index (κ3) is 3.77. The number of nitrogens with zero attached hydrogens (tertiary/aromatic N) is 2. The highest BCUT2D eigenvalue weighted by atomic mass is 35.5. The Balaban J connectivity index is 2.56. The van der Waals surface area contributed by atoms with Crippen LogP contribution in [0.5, 0.6) is 0 Å². The number of hydrogen-bond donors (Lipinski definition) is 1. The minimum atomic E-state index is -4.63. The Labute approximate surface area is 129 Å². The van der Waals surface area contributed by atoms with Gasteiger partial charge >= 0.3 is 6.18 Å². The molecule has 21 heavy (non-hydrogen) atoms. The molecule has 0 radical (unpaired) electrons. The lowest BCUT2D eigenvalue weighted by Crippen LogP contribution is -2.13. The zero-order valence-corrected chi connectivity index (χ0v) is 12.3. The van der Waals surface area contributed by atoms with Crippen molar-refractivity contribution in [3.63, 3.8) is 0 Å². The first-order chi connectivity index (χ1) is 9.81. The molecule has 0 spiro atoms. The van der Waals surface area contributed by atoms with Gasteiger partial charge in [0.05, 0.1) is 15.7 Å². The molecule has 0 saturated carbocycles. The van der Waals surface area contributed by atoms with E-state index in [2.05, 4.69) is 15.3 Å². The fraction of sp³-hybridized carbons (Fsp3) is 0.231. The van der Waals surface area contributed by atoms with Crippen LogP contribution in [0.3, 0.4) is 0 Å². The van der Waals surface area contributed by atoms with E-state index in [1.165, 1.54) is 18.2 Å². The summed E-state index contributed by atoms with van der Waals surface area (Å²) in [5, 5.41) is 3.31. The largest absolute Gasteiger partial charge is 0.451 e. The molecular weight excluding hydrogens is 326 g/mol. The lowest BCUT2D eigenvalue weighted by atomic mass is 10.1. The Bertz CT molecular complexity index is 660. The summed E-state index contributed by atoms with van der Waals surface area (Å²) in [5.74, 6) is -1.11. The summed E-state index contributed by atoms with van der Waals surface area (Å²) in [4.78, 5) is 7.00. The van der Waals surface area contributed by atoms with Crippen LogP contribution in [-0.4, -0.2) is 16.5 Å². The van der Waals surface area contributed by atoms with Gasteiger partial charge in [-0.15, -0.1) is 0 Å². The van der Waals surface area contributed by atoms with Crippen LogP contribution in [0.15, 0.2) is 24.3 Å².